The van der Waals surface area contributed by atoms with Gasteiger partial charge < -0.3 is 10.4 Å². The van der Waals surface area contributed by atoms with Crippen molar-refractivity contribution in [3.63, 3.8) is 0 Å². The zero-order chi connectivity index (χ0) is 12.3. The maximum atomic E-state index is 10.9. The van der Waals surface area contributed by atoms with E-state index in [0.717, 1.165) is 15.3 Å². The maximum absolute atomic E-state index is 10.9. The van der Waals surface area contributed by atoms with Crippen LogP contribution < -0.4 is 5.32 Å². The molecule has 1 amide bonds. The molecule has 0 aromatic carbocycles. The van der Waals surface area contributed by atoms with E-state index in [0.29, 0.717) is 6.42 Å². The van der Waals surface area contributed by atoms with E-state index < -0.39 is 12.0 Å². The van der Waals surface area contributed by atoms with Crippen LogP contribution in [0.5, 0.6) is 0 Å². The van der Waals surface area contributed by atoms with Gasteiger partial charge in [0.05, 0.1) is 0 Å². The van der Waals surface area contributed by atoms with Crippen LogP contribution in [0.15, 0.2) is 6.07 Å². The fourth-order valence-electron chi connectivity index (χ4n) is 1.55. The lowest BCUT2D eigenvalue weighted by molar-refractivity contribution is -0.141. The first-order valence-electron chi connectivity index (χ1n) is 4.96. The Morgan fingerprint density at radius 2 is 2.12 bits per heavy atom. The van der Waals surface area contributed by atoms with E-state index in [9.17, 15) is 9.59 Å². The van der Waals surface area contributed by atoms with Crippen molar-refractivity contribution in [1.82, 2.24) is 5.32 Å². The van der Waals surface area contributed by atoms with Gasteiger partial charge in [0.25, 0.3) is 0 Å². The molecule has 0 saturated heterocycles. The van der Waals surface area contributed by atoms with Crippen LogP contribution in [-0.4, -0.2) is 23.0 Å². The van der Waals surface area contributed by atoms with Crippen LogP contribution in [0.25, 0.3) is 0 Å². The molecule has 1 atom stereocenters. The average Bonchev–Trinajstić information content (AvgIpc) is 2.43. The monoisotopic (exact) mass is 241 g/mol. The van der Waals surface area contributed by atoms with Gasteiger partial charge in [0.1, 0.15) is 6.04 Å². The summed E-state index contributed by atoms with van der Waals surface area (Å²) in [4.78, 5) is 24.1. The summed E-state index contributed by atoms with van der Waals surface area (Å²) in [7, 11) is 0. The number of thiophene rings is 1. The number of carboxylic acids is 1. The van der Waals surface area contributed by atoms with Crippen LogP contribution in [0.3, 0.4) is 0 Å². The quantitative estimate of drug-likeness (QED) is 0.839. The second-order valence-electron chi connectivity index (χ2n) is 3.73. The van der Waals surface area contributed by atoms with E-state index in [1.807, 2.05) is 19.9 Å². The number of amides is 1. The maximum Gasteiger partial charge on any atom is 0.326 e. The number of hydrogen-bond acceptors (Lipinski definition) is 3. The molecule has 4 nitrogen and oxygen atoms in total. The molecule has 0 radical (unpaired) electrons. The highest BCUT2D eigenvalue weighted by Gasteiger charge is 2.20. The number of hydrogen-bond donors (Lipinski definition) is 2. The van der Waals surface area contributed by atoms with Crippen LogP contribution in [0.4, 0.5) is 0 Å². The van der Waals surface area contributed by atoms with Crippen molar-refractivity contribution < 1.29 is 14.7 Å². The molecule has 16 heavy (non-hydrogen) atoms. The van der Waals surface area contributed by atoms with Gasteiger partial charge in [0.15, 0.2) is 0 Å². The highest BCUT2D eigenvalue weighted by Crippen LogP contribution is 2.21. The Balaban J connectivity index is 2.79. The van der Waals surface area contributed by atoms with Gasteiger partial charge in [0, 0.05) is 23.1 Å². The van der Waals surface area contributed by atoms with E-state index in [1.54, 1.807) is 11.3 Å². The molecule has 0 spiro atoms. The number of rotatable bonds is 4. The smallest absolute Gasteiger partial charge is 0.326 e. The topological polar surface area (TPSA) is 66.4 Å². The lowest BCUT2D eigenvalue weighted by atomic mass is 10.1. The first-order chi connectivity index (χ1) is 7.40. The van der Waals surface area contributed by atoms with Crippen LogP contribution >= 0.6 is 11.3 Å². The standard InChI is InChI=1S/C11H15NO3S/c1-6-4-9(7(2)16-6)5-10(11(14)15)12-8(3)13/h4,10H,5H2,1-3H3,(H,12,13)(H,14,15). The van der Waals surface area contributed by atoms with Crippen LogP contribution in [0.2, 0.25) is 0 Å². The van der Waals surface area contributed by atoms with Crippen molar-refractivity contribution in [3.05, 3.63) is 21.4 Å². The third kappa shape index (κ3) is 3.34. The number of carboxylic acid groups (broad SMARTS) is 1. The molecule has 1 aromatic heterocycles. The van der Waals surface area contributed by atoms with E-state index in [-0.39, 0.29) is 5.91 Å². The molecule has 0 aliphatic carbocycles. The van der Waals surface area contributed by atoms with Gasteiger partial charge in [0.2, 0.25) is 5.91 Å². The van der Waals surface area contributed by atoms with Gasteiger partial charge >= 0.3 is 5.97 Å². The molecular formula is C11H15NO3S. The SMILES string of the molecule is CC(=O)NC(Cc1cc(C)sc1C)C(=O)O. The molecule has 0 saturated carbocycles. The number of carbonyl (C=O) groups is 2. The zero-order valence-electron chi connectivity index (χ0n) is 9.53. The molecule has 1 heterocycles. The zero-order valence-corrected chi connectivity index (χ0v) is 10.4. The summed E-state index contributed by atoms with van der Waals surface area (Å²) in [5.41, 5.74) is 0.989. The van der Waals surface area contributed by atoms with Crippen LogP contribution in [0.1, 0.15) is 22.2 Å². The molecule has 0 fully saturated rings. The number of aliphatic carboxylic acids is 1. The van der Waals surface area contributed by atoms with Crippen molar-refractivity contribution in [2.75, 3.05) is 0 Å². The van der Waals surface area contributed by atoms with Crippen molar-refractivity contribution in [3.8, 4) is 0 Å². The van der Waals surface area contributed by atoms with Crippen molar-refractivity contribution in [1.29, 1.82) is 0 Å². The van der Waals surface area contributed by atoms with Gasteiger partial charge in [-0.2, -0.15) is 0 Å². The normalized spacial score (nSPS) is 12.2. The summed E-state index contributed by atoms with van der Waals surface area (Å²) in [6.07, 6.45) is 0.338. The average molecular weight is 241 g/mol. The number of nitrogens with one attached hydrogen (secondary N) is 1. The fourth-order valence-corrected chi connectivity index (χ4v) is 2.51. The lowest BCUT2D eigenvalue weighted by Gasteiger charge is -2.12. The molecule has 0 aliphatic rings. The third-order valence-electron chi connectivity index (χ3n) is 2.24. The van der Waals surface area contributed by atoms with Gasteiger partial charge in [-0.1, -0.05) is 0 Å². The first kappa shape index (κ1) is 12.7. The Bertz CT molecular complexity index is 411. The molecule has 5 heteroatoms. The Hall–Kier alpha value is -1.36. The molecule has 0 aliphatic heterocycles. The van der Waals surface area contributed by atoms with Gasteiger partial charge in [-0.15, -0.1) is 11.3 Å². The fraction of sp³-hybridized carbons (Fsp3) is 0.455. The second kappa shape index (κ2) is 5.12. The van der Waals surface area contributed by atoms with E-state index in [1.165, 1.54) is 6.92 Å². The summed E-state index contributed by atoms with van der Waals surface area (Å²) in [6, 6.07) is 1.13. The molecule has 88 valence electrons. The minimum atomic E-state index is -1.00. The summed E-state index contributed by atoms with van der Waals surface area (Å²) in [5, 5.41) is 11.4. The third-order valence-corrected chi connectivity index (χ3v) is 3.25. The van der Waals surface area contributed by atoms with Crippen molar-refractivity contribution in [2.24, 2.45) is 0 Å². The highest BCUT2D eigenvalue weighted by atomic mass is 32.1. The first-order valence-corrected chi connectivity index (χ1v) is 5.77. The second-order valence-corrected chi connectivity index (χ2v) is 5.19. The predicted molar refractivity (Wildman–Crippen MR) is 62.7 cm³/mol. The lowest BCUT2D eigenvalue weighted by Crippen LogP contribution is -2.41. The summed E-state index contributed by atoms with van der Waals surface area (Å²) < 4.78 is 0. The summed E-state index contributed by atoms with van der Waals surface area (Å²) >= 11 is 1.64. The summed E-state index contributed by atoms with van der Waals surface area (Å²) in [5.74, 6) is -1.32. The van der Waals surface area contributed by atoms with E-state index >= 15 is 0 Å². The van der Waals surface area contributed by atoms with Crippen molar-refractivity contribution in [2.45, 2.75) is 33.2 Å². The predicted octanol–water partition coefficient (Wildman–Crippen LogP) is 1.50. The van der Waals surface area contributed by atoms with Crippen LogP contribution in [0, 0.1) is 13.8 Å². The molecule has 1 unspecified atom stereocenters. The number of aryl methyl sites for hydroxylation is 2. The van der Waals surface area contributed by atoms with Crippen molar-refractivity contribution >= 4 is 23.2 Å². The Morgan fingerprint density at radius 3 is 2.50 bits per heavy atom. The largest absolute Gasteiger partial charge is 0.480 e. The van der Waals surface area contributed by atoms with E-state index in [2.05, 4.69) is 5.32 Å². The minimum Gasteiger partial charge on any atom is -0.480 e. The highest BCUT2D eigenvalue weighted by molar-refractivity contribution is 7.12. The molecule has 2 N–H and O–H groups in total. The molecular weight excluding hydrogens is 226 g/mol. The summed E-state index contributed by atoms with van der Waals surface area (Å²) in [6.45, 7) is 5.26. The van der Waals surface area contributed by atoms with Gasteiger partial charge in [-0.25, -0.2) is 4.79 Å². The molecule has 1 aromatic rings. The van der Waals surface area contributed by atoms with E-state index in [4.69, 9.17) is 5.11 Å². The number of carbonyl (C=O) groups excluding carboxylic acids is 1. The van der Waals surface area contributed by atoms with Gasteiger partial charge in [-0.3, -0.25) is 4.79 Å². The molecule has 0 bridgehead atoms. The Kier molecular flexibility index (Phi) is 4.06. The Morgan fingerprint density at radius 1 is 1.50 bits per heavy atom. The van der Waals surface area contributed by atoms with Gasteiger partial charge in [-0.05, 0) is 25.5 Å². The molecule has 1 rings (SSSR count). The Labute approximate surface area is 98.3 Å². The van der Waals surface area contributed by atoms with Crippen LogP contribution in [-0.2, 0) is 16.0 Å². The minimum absolute atomic E-state index is 0.322.